The van der Waals surface area contributed by atoms with Crippen molar-refractivity contribution in [2.24, 2.45) is 0 Å². The molecule has 2 saturated heterocycles. The van der Waals surface area contributed by atoms with Gasteiger partial charge in [0.25, 0.3) is 5.91 Å². The van der Waals surface area contributed by atoms with E-state index in [0.717, 1.165) is 31.5 Å². The van der Waals surface area contributed by atoms with E-state index in [0.29, 0.717) is 5.69 Å². The zero-order valence-corrected chi connectivity index (χ0v) is 15.2. The van der Waals surface area contributed by atoms with Gasteiger partial charge in [-0.25, -0.2) is 4.39 Å². The molecule has 1 amide bonds. The molecule has 0 N–H and O–H groups in total. The fourth-order valence-electron chi connectivity index (χ4n) is 4.44. The molecule has 0 bridgehead atoms. The third-order valence-corrected chi connectivity index (χ3v) is 5.89. The van der Waals surface area contributed by atoms with Crippen molar-refractivity contribution in [1.82, 2.24) is 14.5 Å². The summed E-state index contributed by atoms with van der Waals surface area (Å²) in [5.74, 6) is -0.256. The number of piperidine rings is 1. The van der Waals surface area contributed by atoms with Crippen LogP contribution in [-0.4, -0.2) is 44.6 Å². The van der Waals surface area contributed by atoms with Gasteiger partial charge in [-0.2, -0.15) is 0 Å². The molecule has 3 heterocycles. The molecule has 2 aromatic rings. The Morgan fingerprint density at radius 2 is 2.04 bits per heavy atom. The van der Waals surface area contributed by atoms with E-state index < -0.39 is 0 Å². The first-order valence-corrected chi connectivity index (χ1v) is 9.44. The smallest absolute Gasteiger partial charge is 0.275 e. The number of halogens is 1. The molecule has 0 spiro atoms. The average molecular weight is 360 g/mol. The number of hydrogen-bond donors (Lipinski definition) is 0. The van der Waals surface area contributed by atoms with Crippen molar-refractivity contribution < 1.29 is 9.18 Å². The summed E-state index contributed by atoms with van der Waals surface area (Å²) in [4.78, 5) is 17.2. The number of amides is 1. The number of aromatic nitrogens is 2. The van der Waals surface area contributed by atoms with Gasteiger partial charge in [0.05, 0.1) is 12.1 Å². The van der Waals surface area contributed by atoms with E-state index in [9.17, 15) is 9.18 Å². The maximum atomic E-state index is 13.3. The van der Waals surface area contributed by atoms with Crippen LogP contribution in [0.5, 0.6) is 0 Å². The molecule has 25 heavy (non-hydrogen) atoms. The molecule has 2 aliphatic rings. The van der Waals surface area contributed by atoms with Crippen LogP contribution in [0.15, 0.2) is 29.6 Å². The Hall–Kier alpha value is -2.02. The number of likely N-dealkylation sites (tertiary alicyclic amines) is 1. The summed E-state index contributed by atoms with van der Waals surface area (Å²) in [5.41, 5.74) is 1.35. The van der Waals surface area contributed by atoms with Gasteiger partial charge in [0.15, 0.2) is 5.69 Å². The zero-order valence-electron chi connectivity index (χ0n) is 14.4. The van der Waals surface area contributed by atoms with Gasteiger partial charge in [0.1, 0.15) is 5.82 Å². The van der Waals surface area contributed by atoms with Gasteiger partial charge >= 0.3 is 0 Å². The Labute approximate surface area is 150 Å². The molecule has 1 aromatic carbocycles. The highest BCUT2D eigenvalue weighted by Gasteiger charge is 2.50. The van der Waals surface area contributed by atoms with Gasteiger partial charge in [0.2, 0.25) is 0 Å². The van der Waals surface area contributed by atoms with Gasteiger partial charge < -0.3 is 9.80 Å². The summed E-state index contributed by atoms with van der Waals surface area (Å²) in [7, 11) is 0. The molecular weight excluding hydrogens is 339 g/mol. The van der Waals surface area contributed by atoms with Crippen LogP contribution in [0.25, 0.3) is 0 Å². The minimum Gasteiger partial charge on any atom is -0.361 e. The lowest BCUT2D eigenvalue weighted by Crippen LogP contribution is -2.53. The summed E-state index contributed by atoms with van der Waals surface area (Å²) in [5, 5.41) is 5.66. The first kappa shape index (κ1) is 16.4. The van der Waals surface area contributed by atoms with Crippen LogP contribution in [0.2, 0.25) is 0 Å². The number of benzene rings is 1. The van der Waals surface area contributed by atoms with Gasteiger partial charge in [0, 0.05) is 23.2 Å². The molecule has 2 fully saturated rings. The Bertz CT molecular complexity index is 762. The number of hydrogen-bond acceptors (Lipinski definition) is 5. The molecule has 1 aromatic heterocycles. The molecule has 0 unspecified atom stereocenters. The van der Waals surface area contributed by atoms with Crippen LogP contribution in [0.3, 0.4) is 0 Å². The van der Waals surface area contributed by atoms with Crippen LogP contribution >= 0.6 is 11.5 Å². The van der Waals surface area contributed by atoms with Crippen molar-refractivity contribution in [3.8, 4) is 0 Å². The van der Waals surface area contributed by atoms with Gasteiger partial charge in [-0.15, -0.1) is 5.10 Å². The van der Waals surface area contributed by atoms with E-state index in [2.05, 4.69) is 28.3 Å². The third kappa shape index (κ3) is 2.80. The zero-order chi connectivity index (χ0) is 17.6. The van der Waals surface area contributed by atoms with Gasteiger partial charge in [-0.05, 0) is 68.9 Å². The molecule has 2 atom stereocenters. The number of rotatable bonds is 2. The largest absolute Gasteiger partial charge is 0.361 e. The second-order valence-corrected chi connectivity index (χ2v) is 8.04. The van der Waals surface area contributed by atoms with Crippen molar-refractivity contribution in [1.29, 1.82) is 0 Å². The third-order valence-electron chi connectivity index (χ3n) is 5.38. The second-order valence-electron chi connectivity index (χ2n) is 7.43. The highest BCUT2D eigenvalue weighted by atomic mass is 32.1. The minimum atomic E-state index is -0.228. The van der Waals surface area contributed by atoms with Gasteiger partial charge in [-0.1, -0.05) is 4.49 Å². The first-order chi connectivity index (χ1) is 12.0. The first-order valence-electron chi connectivity index (χ1n) is 8.60. The van der Waals surface area contributed by atoms with Crippen molar-refractivity contribution in [3.05, 3.63) is 41.2 Å². The summed E-state index contributed by atoms with van der Waals surface area (Å²) in [6.07, 6.45) is 2.88. The lowest BCUT2D eigenvalue weighted by Gasteiger charge is -2.42. The number of carbonyl (C=O) groups excluding carboxylic acids is 1. The van der Waals surface area contributed by atoms with Crippen molar-refractivity contribution in [2.75, 3.05) is 11.4 Å². The van der Waals surface area contributed by atoms with Gasteiger partial charge in [-0.3, -0.25) is 4.79 Å². The molecule has 7 heteroatoms. The highest BCUT2D eigenvalue weighted by Crippen LogP contribution is 2.43. The van der Waals surface area contributed by atoms with Crippen LogP contribution in [0.4, 0.5) is 10.1 Å². The monoisotopic (exact) mass is 360 g/mol. The molecule has 0 radical (unpaired) electrons. The Morgan fingerprint density at radius 3 is 2.72 bits per heavy atom. The maximum absolute atomic E-state index is 13.3. The standard InChI is InChI=1S/C18H21FN4OS/c1-18(2)10-16-15(23(18)13-7-5-12(19)6-8-13)4-3-9-22(16)17(24)14-11-25-21-20-14/h5-8,11,15-16H,3-4,9-10H2,1-2H3/t15-,16-/m0/s1. The molecule has 0 aliphatic carbocycles. The highest BCUT2D eigenvalue weighted by molar-refractivity contribution is 7.03. The molecule has 2 aliphatic heterocycles. The Balaban J connectivity index is 1.66. The quantitative estimate of drug-likeness (QED) is 0.824. The molecule has 0 saturated carbocycles. The molecule has 5 nitrogen and oxygen atoms in total. The number of anilines is 1. The van der Waals surface area contributed by atoms with E-state index >= 15 is 0 Å². The van der Waals surface area contributed by atoms with Crippen molar-refractivity contribution >= 4 is 23.1 Å². The summed E-state index contributed by atoms with van der Waals surface area (Å²) < 4.78 is 17.2. The molecule has 4 rings (SSSR count). The van der Waals surface area contributed by atoms with E-state index in [1.54, 1.807) is 5.38 Å². The lowest BCUT2D eigenvalue weighted by atomic mass is 9.94. The Kier molecular flexibility index (Phi) is 3.98. The minimum absolute atomic E-state index is 0.0276. The van der Waals surface area contributed by atoms with E-state index in [4.69, 9.17) is 0 Å². The predicted octanol–water partition coefficient (Wildman–Crippen LogP) is 3.34. The van der Waals surface area contributed by atoms with E-state index in [-0.39, 0.29) is 29.3 Å². The van der Waals surface area contributed by atoms with Crippen molar-refractivity contribution in [2.45, 2.75) is 50.7 Å². The number of fused-ring (bicyclic) bond motifs is 1. The Morgan fingerprint density at radius 1 is 1.28 bits per heavy atom. The van der Waals surface area contributed by atoms with Crippen LogP contribution in [0.1, 0.15) is 43.6 Å². The van der Waals surface area contributed by atoms with E-state index in [1.807, 2.05) is 17.0 Å². The summed E-state index contributed by atoms with van der Waals surface area (Å²) >= 11 is 1.20. The fraction of sp³-hybridized carbons (Fsp3) is 0.500. The lowest BCUT2D eigenvalue weighted by molar-refractivity contribution is 0.0599. The second kappa shape index (κ2) is 6.05. The maximum Gasteiger partial charge on any atom is 0.275 e. The topological polar surface area (TPSA) is 49.3 Å². The number of carbonyl (C=O) groups is 1. The summed E-state index contributed by atoms with van der Waals surface area (Å²) in [6, 6.07) is 7.07. The predicted molar refractivity (Wildman–Crippen MR) is 95.3 cm³/mol. The van der Waals surface area contributed by atoms with Crippen LogP contribution < -0.4 is 4.90 Å². The van der Waals surface area contributed by atoms with E-state index in [1.165, 1.54) is 23.7 Å². The van der Waals surface area contributed by atoms with Crippen LogP contribution in [0, 0.1) is 5.82 Å². The fourth-order valence-corrected chi connectivity index (χ4v) is 4.87. The summed E-state index contributed by atoms with van der Waals surface area (Å²) in [6.45, 7) is 5.15. The molecular formula is C18H21FN4OS. The average Bonchev–Trinajstić information content (AvgIpc) is 3.20. The number of nitrogens with zero attached hydrogens (tertiary/aromatic N) is 4. The van der Waals surface area contributed by atoms with Crippen LogP contribution in [-0.2, 0) is 0 Å². The molecule has 132 valence electrons. The SMILES string of the molecule is CC1(C)C[C@H]2[C@H](CCCN2C(=O)c2csnn2)N1c1ccc(F)cc1. The van der Waals surface area contributed by atoms with Crippen molar-refractivity contribution in [3.63, 3.8) is 0 Å². The normalized spacial score (nSPS) is 25.1.